The van der Waals surface area contributed by atoms with Gasteiger partial charge in [-0.15, -0.1) is 0 Å². The summed E-state index contributed by atoms with van der Waals surface area (Å²) in [5.74, 6) is 0. The highest BCUT2D eigenvalue weighted by Gasteiger charge is 2.39. The van der Waals surface area contributed by atoms with E-state index in [0.717, 1.165) is 6.20 Å². The number of hydrogen-bond acceptors (Lipinski definition) is 2. The zero-order chi connectivity index (χ0) is 13.2. The third-order valence-corrected chi connectivity index (χ3v) is 3.11. The molecule has 0 aliphatic rings. The van der Waals surface area contributed by atoms with Crippen molar-refractivity contribution in [1.82, 2.24) is 4.98 Å². The van der Waals surface area contributed by atoms with E-state index in [-0.39, 0.29) is 12.0 Å². The Morgan fingerprint density at radius 2 is 2.00 bits per heavy atom. The van der Waals surface area contributed by atoms with E-state index in [9.17, 15) is 22.0 Å². The van der Waals surface area contributed by atoms with Crippen LogP contribution in [0.1, 0.15) is 23.2 Å². The lowest BCUT2D eigenvalue weighted by Crippen LogP contribution is -2.15. The fraction of sp³-hybridized carbons (Fsp3) is 0.333. The molecule has 0 saturated carbocycles. The maximum Gasteiger partial charge on any atom is 0.419 e. The van der Waals surface area contributed by atoms with Gasteiger partial charge in [-0.3, -0.25) is 4.98 Å². The average Bonchev–Trinajstić information content (AvgIpc) is 2.18. The Hall–Kier alpha value is -0.980. The van der Waals surface area contributed by atoms with Crippen LogP contribution in [0.15, 0.2) is 6.20 Å². The largest absolute Gasteiger partial charge is 0.419 e. The molecule has 0 atom stereocenters. The van der Waals surface area contributed by atoms with Crippen LogP contribution in [0, 0.1) is 14.9 Å². The van der Waals surface area contributed by atoms with Gasteiger partial charge < -0.3 is 0 Å². The Bertz CT molecular complexity index is 464. The molecule has 1 rings (SSSR count). The van der Waals surface area contributed by atoms with Gasteiger partial charge in [-0.1, -0.05) is 0 Å². The minimum Gasteiger partial charge on any atom is -0.254 e. The normalized spacial score (nSPS) is 11.6. The summed E-state index contributed by atoms with van der Waals surface area (Å²) >= 11 is 1.30. The van der Waals surface area contributed by atoms with Gasteiger partial charge in [0.1, 0.15) is 5.69 Å². The second-order valence-electron chi connectivity index (χ2n) is 2.99. The summed E-state index contributed by atoms with van der Waals surface area (Å²) in [5, 5.41) is 8.41. The Labute approximate surface area is 107 Å². The fourth-order valence-corrected chi connectivity index (χ4v) is 2.10. The number of aromatic nitrogens is 1. The average molecular weight is 362 g/mol. The van der Waals surface area contributed by atoms with Crippen LogP contribution in [-0.2, 0) is 12.6 Å². The van der Waals surface area contributed by atoms with Gasteiger partial charge >= 0.3 is 6.18 Å². The SMILES string of the molecule is N#CCc1cnc(C(F)F)c(C(F)(F)F)c1I. The van der Waals surface area contributed by atoms with E-state index < -0.39 is 27.4 Å². The molecule has 0 fully saturated rings. The van der Waals surface area contributed by atoms with Crippen molar-refractivity contribution in [3.05, 3.63) is 26.6 Å². The van der Waals surface area contributed by atoms with Crippen LogP contribution in [0.2, 0.25) is 0 Å². The van der Waals surface area contributed by atoms with Crippen LogP contribution in [-0.4, -0.2) is 4.98 Å². The number of nitriles is 1. The van der Waals surface area contributed by atoms with Crippen LogP contribution >= 0.6 is 22.6 Å². The minimum atomic E-state index is -4.92. The highest BCUT2D eigenvalue weighted by Crippen LogP contribution is 2.39. The highest BCUT2D eigenvalue weighted by molar-refractivity contribution is 14.1. The molecule has 0 N–H and O–H groups in total. The molecular weight excluding hydrogens is 358 g/mol. The number of halogens is 6. The molecule has 0 aliphatic heterocycles. The van der Waals surface area contributed by atoms with E-state index >= 15 is 0 Å². The van der Waals surface area contributed by atoms with Crippen LogP contribution in [0.3, 0.4) is 0 Å². The molecule has 0 aromatic carbocycles. The summed E-state index contributed by atoms with van der Waals surface area (Å²) in [6.45, 7) is 0. The van der Waals surface area contributed by atoms with Gasteiger partial charge in [-0.2, -0.15) is 18.4 Å². The molecule has 1 aromatic rings. The summed E-state index contributed by atoms with van der Waals surface area (Å²) in [5.41, 5.74) is -2.77. The first-order valence-corrected chi connectivity index (χ1v) is 5.26. The molecule has 0 aliphatic carbocycles. The molecule has 0 spiro atoms. The molecule has 8 heteroatoms. The summed E-state index contributed by atoms with van der Waals surface area (Å²) in [7, 11) is 0. The van der Waals surface area contributed by atoms with Crippen molar-refractivity contribution in [2.24, 2.45) is 0 Å². The van der Waals surface area contributed by atoms with Crippen LogP contribution in [0.4, 0.5) is 22.0 Å². The van der Waals surface area contributed by atoms with Crippen LogP contribution in [0.25, 0.3) is 0 Å². The van der Waals surface area contributed by atoms with E-state index in [1.807, 2.05) is 0 Å². The molecule has 0 saturated heterocycles. The van der Waals surface area contributed by atoms with Crippen molar-refractivity contribution in [2.45, 2.75) is 19.0 Å². The van der Waals surface area contributed by atoms with Crippen LogP contribution < -0.4 is 0 Å². The topological polar surface area (TPSA) is 36.7 Å². The van der Waals surface area contributed by atoms with Gasteiger partial charge in [0.15, 0.2) is 0 Å². The molecular formula is C9H4F5IN2. The van der Waals surface area contributed by atoms with Crippen molar-refractivity contribution in [3.8, 4) is 6.07 Å². The number of rotatable bonds is 2. The molecule has 17 heavy (non-hydrogen) atoms. The zero-order valence-electron chi connectivity index (χ0n) is 8.02. The van der Waals surface area contributed by atoms with Gasteiger partial charge in [0.2, 0.25) is 0 Å². The first-order valence-electron chi connectivity index (χ1n) is 4.18. The van der Waals surface area contributed by atoms with Crippen molar-refractivity contribution in [3.63, 3.8) is 0 Å². The molecule has 0 radical (unpaired) electrons. The predicted octanol–water partition coefficient (Wildman–Crippen LogP) is 3.71. The standard InChI is InChI=1S/C9H4F5IN2/c10-8(11)7-5(9(12,13)14)6(15)4(1-2-16)3-17-7/h3,8H,1H2. The third-order valence-electron chi connectivity index (χ3n) is 1.88. The first kappa shape index (κ1) is 14.1. The number of hydrogen-bond donors (Lipinski definition) is 0. The van der Waals surface area contributed by atoms with Crippen molar-refractivity contribution >= 4 is 22.6 Å². The van der Waals surface area contributed by atoms with Gasteiger partial charge in [-0.05, 0) is 28.2 Å². The summed E-state index contributed by atoms with van der Waals surface area (Å²) in [4.78, 5) is 3.10. The highest BCUT2D eigenvalue weighted by atomic mass is 127. The van der Waals surface area contributed by atoms with Crippen molar-refractivity contribution in [2.75, 3.05) is 0 Å². The zero-order valence-corrected chi connectivity index (χ0v) is 10.2. The second-order valence-corrected chi connectivity index (χ2v) is 4.07. The van der Waals surface area contributed by atoms with E-state index in [4.69, 9.17) is 5.26 Å². The molecule has 0 unspecified atom stereocenters. The molecule has 0 bridgehead atoms. The first-order chi connectivity index (χ1) is 7.79. The van der Waals surface area contributed by atoms with Gasteiger partial charge in [0.25, 0.3) is 6.43 Å². The van der Waals surface area contributed by atoms with E-state index in [1.165, 1.54) is 22.6 Å². The summed E-state index contributed by atoms with van der Waals surface area (Å²) < 4.78 is 62.3. The Morgan fingerprint density at radius 3 is 2.41 bits per heavy atom. The Balaban J connectivity index is 3.49. The quantitative estimate of drug-likeness (QED) is 0.594. The maximum atomic E-state index is 12.6. The molecule has 92 valence electrons. The fourth-order valence-electron chi connectivity index (χ4n) is 1.19. The predicted molar refractivity (Wildman–Crippen MR) is 56.2 cm³/mol. The Kier molecular flexibility index (Phi) is 4.24. The number of pyridine rings is 1. The van der Waals surface area contributed by atoms with Gasteiger partial charge in [-0.25, -0.2) is 8.78 Å². The number of nitrogens with zero attached hydrogens (tertiary/aromatic N) is 2. The monoisotopic (exact) mass is 362 g/mol. The van der Waals surface area contributed by atoms with Gasteiger partial charge in [0.05, 0.1) is 18.1 Å². The lowest BCUT2D eigenvalue weighted by Gasteiger charge is -2.15. The minimum absolute atomic E-state index is 0.00942. The lowest BCUT2D eigenvalue weighted by molar-refractivity contribution is -0.140. The van der Waals surface area contributed by atoms with E-state index in [0.29, 0.717) is 0 Å². The van der Waals surface area contributed by atoms with Crippen molar-refractivity contribution < 1.29 is 22.0 Å². The lowest BCUT2D eigenvalue weighted by atomic mass is 10.1. The summed E-state index contributed by atoms with van der Waals surface area (Å²) in [6, 6.07) is 1.65. The van der Waals surface area contributed by atoms with E-state index in [2.05, 4.69) is 4.98 Å². The molecule has 1 aromatic heterocycles. The molecule has 2 nitrogen and oxygen atoms in total. The van der Waals surface area contributed by atoms with Crippen molar-refractivity contribution in [1.29, 1.82) is 5.26 Å². The number of alkyl halides is 5. The second kappa shape index (κ2) is 5.12. The third kappa shape index (κ3) is 3.02. The van der Waals surface area contributed by atoms with Gasteiger partial charge in [0, 0.05) is 9.77 Å². The van der Waals surface area contributed by atoms with E-state index in [1.54, 1.807) is 6.07 Å². The maximum absolute atomic E-state index is 12.6. The summed E-state index contributed by atoms with van der Waals surface area (Å²) in [6.07, 6.45) is -7.66. The molecule has 0 amide bonds. The Morgan fingerprint density at radius 1 is 1.41 bits per heavy atom. The molecule has 1 heterocycles. The van der Waals surface area contributed by atoms with Crippen LogP contribution in [0.5, 0.6) is 0 Å². The smallest absolute Gasteiger partial charge is 0.254 e.